The first-order valence-corrected chi connectivity index (χ1v) is 16.0. The van der Waals surface area contributed by atoms with Crippen molar-refractivity contribution in [3.8, 4) is 5.75 Å². The average molecular weight is 634 g/mol. The van der Waals surface area contributed by atoms with Gasteiger partial charge in [0.05, 0.1) is 34.8 Å². The van der Waals surface area contributed by atoms with Crippen LogP contribution in [-0.4, -0.2) is 71.4 Å². The van der Waals surface area contributed by atoms with E-state index in [1.54, 1.807) is 25.3 Å². The van der Waals surface area contributed by atoms with Crippen LogP contribution in [0.4, 0.5) is 0 Å². The van der Waals surface area contributed by atoms with Crippen molar-refractivity contribution in [1.82, 2.24) is 19.7 Å². The van der Waals surface area contributed by atoms with Crippen LogP contribution in [0.25, 0.3) is 10.9 Å². The zero-order chi connectivity index (χ0) is 30.8. The van der Waals surface area contributed by atoms with E-state index in [9.17, 15) is 9.59 Å². The number of likely N-dealkylation sites (tertiary alicyclic amines) is 1. The molecule has 0 radical (unpaired) electrons. The van der Waals surface area contributed by atoms with Crippen LogP contribution in [-0.2, 0) is 13.1 Å². The van der Waals surface area contributed by atoms with Crippen LogP contribution in [0.3, 0.4) is 0 Å². The topological polar surface area (TPSA) is 66.8 Å². The minimum Gasteiger partial charge on any atom is -0.495 e. The maximum Gasteiger partial charge on any atom is 0.253 e. The summed E-state index contributed by atoms with van der Waals surface area (Å²) in [5.74, 6) is 0.749. The van der Waals surface area contributed by atoms with E-state index in [-0.39, 0.29) is 11.7 Å². The van der Waals surface area contributed by atoms with Crippen molar-refractivity contribution in [1.29, 1.82) is 0 Å². The third-order valence-corrected chi connectivity index (χ3v) is 9.90. The molecule has 2 atom stereocenters. The monoisotopic (exact) mass is 632 g/mol. The Morgan fingerprint density at radius 1 is 0.955 bits per heavy atom. The molecule has 2 unspecified atom stereocenters. The Morgan fingerprint density at radius 3 is 2.45 bits per heavy atom. The summed E-state index contributed by atoms with van der Waals surface area (Å²) in [6.45, 7) is 6.44. The molecule has 6 rings (SSSR count). The molecule has 2 bridgehead atoms. The number of nitrogens with one attached hydrogen (secondary N) is 1. The molecule has 3 heterocycles. The number of carbonyl (C=O) groups excluding carboxylic acids is 2. The fraction of sp³-hybridized carbons (Fsp3) is 0.371. The molecule has 2 saturated heterocycles. The Labute approximate surface area is 268 Å². The Balaban J connectivity index is 1.09. The van der Waals surface area contributed by atoms with Crippen LogP contribution in [0.5, 0.6) is 5.75 Å². The quantitative estimate of drug-likeness (QED) is 0.188. The van der Waals surface area contributed by atoms with Gasteiger partial charge in [-0.3, -0.25) is 19.4 Å². The molecule has 4 aromatic rings. The Hall–Kier alpha value is -3.36. The molecule has 1 aromatic heterocycles. The lowest BCUT2D eigenvalue weighted by Gasteiger charge is -2.41. The lowest BCUT2D eigenvalue weighted by atomic mass is 10.1. The molecule has 9 heteroatoms. The summed E-state index contributed by atoms with van der Waals surface area (Å²) in [7, 11) is 1.67. The Morgan fingerprint density at radius 2 is 1.73 bits per heavy atom. The summed E-state index contributed by atoms with van der Waals surface area (Å²) < 4.78 is 7.90. The third kappa shape index (κ3) is 6.38. The number of piperazine rings is 1. The maximum atomic E-state index is 13.4. The highest BCUT2D eigenvalue weighted by Gasteiger charge is 2.39. The van der Waals surface area contributed by atoms with Gasteiger partial charge in [0.2, 0.25) is 0 Å². The van der Waals surface area contributed by atoms with Gasteiger partial charge in [-0.05, 0) is 61.6 Å². The van der Waals surface area contributed by atoms with E-state index in [0.717, 1.165) is 73.2 Å². The number of nitrogens with zero attached hydrogens (tertiary/aromatic N) is 3. The van der Waals surface area contributed by atoms with Crippen LogP contribution in [0.15, 0.2) is 66.9 Å². The highest BCUT2D eigenvalue weighted by atomic mass is 35.5. The van der Waals surface area contributed by atoms with Crippen LogP contribution in [0.2, 0.25) is 10.0 Å². The van der Waals surface area contributed by atoms with Crippen molar-refractivity contribution < 1.29 is 14.3 Å². The molecule has 7 nitrogen and oxygen atoms in total. The fourth-order valence-corrected chi connectivity index (χ4v) is 7.18. The standard InChI is InChI=1S/C35H38Cl2N4O3/c1-23-7-3-4-8-25(23)18-38-35(43)29-21-40(34-28(29)9-5-10-33(34)44-2)15-6-16-41-26-12-13-27(41)20-39(19-26)22-32(42)24-11-14-30(36)31(37)17-24/h3-5,7-11,14,17,21,26-27H,6,12-13,15-16,18-20,22H2,1-2H3,(H,38,43). The number of rotatable bonds is 11. The summed E-state index contributed by atoms with van der Waals surface area (Å²) in [6.07, 6.45) is 5.21. The number of hydrogen-bond acceptors (Lipinski definition) is 5. The largest absolute Gasteiger partial charge is 0.495 e. The van der Waals surface area contributed by atoms with Crippen LogP contribution in [0.1, 0.15) is 51.1 Å². The van der Waals surface area contributed by atoms with E-state index < -0.39 is 0 Å². The molecule has 0 aliphatic carbocycles. The molecule has 2 fully saturated rings. The van der Waals surface area contributed by atoms with Gasteiger partial charge in [-0.1, -0.05) is 59.6 Å². The molecular weight excluding hydrogens is 595 g/mol. The van der Waals surface area contributed by atoms with Gasteiger partial charge in [0.15, 0.2) is 5.78 Å². The number of amides is 1. The third-order valence-electron chi connectivity index (χ3n) is 9.16. The number of ketones is 1. The number of Topliss-reactive ketones (excluding diaryl/α,β-unsaturated/α-hetero) is 1. The van der Waals surface area contributed by atoms with Gasteiger partial charge < -0.3 is 14.6 Å². The second kappa shape index (κ2) is 13.3. The predicted octanol–water partition coefficient (Wildman–Crippen LogP) is 6.62. The van der Waals surface area contributed by atoms with Gasteiger partial charge >= 0.3 is 0 Å². The van der Waals surface area contributed by atoms with Gasteiger partial charge in [0.1, 0.15) is 5.75 Å². The summed E-state index contributed by atoms with van der Waals surface area (Å²) in [5.41, 5.74) is 4.48. The van der Waals surface area contributed by atoms with E-state index in [1.807, 2.05) is 42.6 Å². The van der Waals surface area contributed by atoms with Crippen molar-refractivity contribution in [2.45, 2.75) is 51.4 Å². The zero-order valence-corrected chi connectivity index (χ0v) is 26.7. The first-order valence-electron chi connectivity index (χ1n) is 15.3. The number of aryl methyl sites for hydroxylation is 2. The predicted molar refractivity (Wildman–Crippen MR) is 176 cm³/mol. The molecule has 3 aromatic carbocycles. The number of halogens is 2. The second-order valence-corrected chi connectivity index (χ2v) is 12.7. The molecule has 230 valence electrons. The number of para-hydroxylation sites is 1. The number of benzene rings is 3. The normalized spacial score (nSPS) is 18.5. The van der Waals surface area contributed by atoms with Gasteiger partial charge in [-0.25, -0.2) is 0 Å². The molecule has 0 saturated carbocycles. The molecule has 2 aliphatic heterocycles. The van der Waals surface area contributed by atoms with Crippen molar-refractivity contribution in [3.63, 3.8) is 0 Å². The van der Waals surface area contributed by atoms with Gasteiger partial charge in [0, 0.05) is 62.0 Å². The molecule has 2 aliphatic rings. The lowest BCUT2D eigenvalue weighted by molar-refractivity contribution is 0.0588. The number of carbonyl (C=O) groups is 2. The van der Waals surface area contributed by atoms with Crippen molar-refractivity contribution in [2.24, 2.45) is 0 Å². The SMILES string of the molecule is COc1cccc2c(C(=O)NCc3ccccc3C)cn(CCCN3C4CCC3CN(CC(=O)c3ccc(Cl)c(Cl)c3)C4)c12. The fourth-order valence-electron chi connectivity index (χ4n) is 6.89. The summed E-state index contributed by atoms with van der Waals surface area (Å²) >= 11 is 12.2. The summed E-state index contributed by atoms with van der Waals surface area (Å²) in [6, 6.07) is 20.0. The van der Waals surface area contributed by atoms with Crippen LogP contribution < -0.4 is 10.1 Å². The Kier molecular flexibility index (Phi) is 9.29. The number of ether oxygens (including phenoxy) is 1. The molecule has 1 amide bonds. The van der Waals surface area contributed by atoms with Gasteiger partial charge in [0.25, 0.3) is 5.91 Å². The van der Waals surface area contributed by atoms with E-state index in [0.29, 0.717) is 46.3 Å². The number of hydrogen-bond donors (Lipinski definition) is 1. The van der Waals surface area contributed by atoms with Crippen LogP contribution in [0, 0.1) is 6.92 Å². The molecule has 0 spiro atoms. The van der Waals surface area contributed by atoms with Crippen LogP contribution >= 0.6 is 23.2 Å². The number of methoxy groups -OCH3 is 1. The van der Waals surface area contributed by atoms with Gasteiger partial charge in [-0.2, -0.15) is 0 Å². The first-order chi connectivity index (χ1) is 21.3. The summed E-state index contributed by atoms with van der Waals surface area (Å²) in [5, 5.41) is 4.88. The smallest absolute Gasteiger partial charge is 0.253 e. The first kappa shape index (κ1) is 30.7. The molecular formula is C35H38Cl2N4O3. The average Bonchev–Trinajstić information content (AvgIpc) is 3.51. The lowest BCUT2D eigenvalue weighted by Crippen LogP contribution is -2.54. The number of aromatic nitrogens is 1. The summed E-state index contributed by atoms with van der Waals surface area (Å²) in [4.78, 5) is 31.3. The highest BCUT2D eigenvalue weighted by molar-refractivity contribution is 6.42. The minimum atomic E-state index is -0.0881. The van der Waals surface area contributed by atoms with E-state index >= 15 is 0 Å². The zero-order valence-electron chi connectivity index (χ0n) is 25.2. The highest BCUT2D eigenvalue weighted by Crippen LogP contribution is 2.33. The van der Waals surface area contributed by atoms with Gasteiger partial charge in [-0.15, -0.1) is 0 Å². The molecule has 1 N–H and O–H groups in total. The van der Waals surface area contributed by atoms with E-state index in [4.69, 9.17) is 27.9 Å². The second-order valence-electron chi connectivity index (χ2n) is 11.9. The van der Waals surface area contributed by atoms with E-state index in [1.165, 1.54) is 0 Å². The van der Waals surface area contributed by atoms with Crippen molar-refractivity contribution in [2.75, 3.05) is 33.3 Å². The number of fused-ring (bicyclic) bond motifs is 3. The Bertz CT molecular complexity index is 1670. The van der Waals surface area contributed by atoms with Crippen molar-refractivity contribution in [3.05, 3.63) is 99.2 Å². The maximum absolute atomic E-state index is 13.4. The molecule has 44 heavy (non-hydrogen) atoms. The van der Waals surface area contributed by atoms with Crippen molar-refractivity contribution >= 4 is 45.8 Å². The van der Waals surface area contributed by atoms with E-state index in [2.05, 4.69) is 32.7 Å². The minimum absolute atomic E-state index is 0.0728.